The molecule has 0 spiro atoms. The van der Waals surface area contributed by atoms with E-state index in [-0.39, 0.29) is 24.1 Å². The van der Waals surface area contributed by atoms with Crippen LogP contribution in [0, 0.1) is 0 Å². The first kappa shape index (κ1) is 40.9. The zero-order valence-electron chi connectivity index (χ0n) is 29.3. The van der Waals surface area contributed by atoms with Gasteiger partial charge in [0.25, 0.3) is 0 Å². The SMILES string of the molecule is CCCCC/C=C\C/C=C\CCCCCCCC(=O)OC1CNC[C@H]1OC(=O)CCCCCCC/C=C\C/C=C\CCCCC. The van der Waals surface area contributed by atoms with Crippen molar-refractivity contribution in [2.24, 2.45) is 0 Å². The van der Waals surface area contributed by atoms with Gasteiger partial charge in [-0.25, -0.2) is 0 Å². The minimum absolute atomic E-state index is 0.177. The van der Waals surface area contributed by atoms with Gasteiger partial charge < -0.3 is 14.8 Å². The molecule has 0 aliphatic carbocycles. The predicted octanol–water partition coefficient (Wildman–Crippen LogP) is 11.0. The third kappa shape index (κ3) is 26.8. The third-order valence-electron chi connectivity index (χ3n) is 8.33. The van der Waals surface area contributed by atoms with Gasteiger partial charge in [0.15, 0.2) is 12.2 Å². The van der Waals surface area contributed by atoms with Crippen LogP contribution in [0.3, 0.4) is 0 Å². The number of allylic oxidation sites excluding steroid dienone is 8. The normalized spacial score (nSPS) is 17.0. The Bertz CT molecular complexity index is 749. The van der Waals surface area contributed by atoms with Gasteiger partial charge in [0, 0.05) is 25.9 Å². The van der Waals surface area contributed by atoms with Crippen LogP contribution in [-0.4, -0.2) is 37.2 Å². The van der Waals surface area contributed by atoms with Gasteiger partial charge in [-0.2, -0.15) is 0 Å². The summed E-state index contributed by atoms with van der Waals surface area (Å²) in [5, 5.41) is 3.20. The van der Waals surface area contributed by atoms with Crippen LogP contribution in [0.25, 0.3) is 0 Å². The topological polar surface area (TPSA) is 64.6 Å². The molecular weight excluding hydrogens is 558 g/mol. The van der Waals surface area contributed by atoms with Crippen LogP contribution in [-0.2, 0) is 19.1 Å². The van der Waals surface area contributed by atoms with Crippen LogP contribution in [0.15, 0.2) is 48.6 Å². The number of rotatable bonds is 30. The lowest BCUT2D eigenvalue weighted by Crippen LogP contribution is -2.33. The van der Waals surface area contributed by atoms with Crippen LogP contribution >= 0.6 is 0 Å². The molecule has 1 fully saturated rings. The first-order valence-corrected chi connectivity index (χ1v) is 18.9. The van der Waals surface area contributed by atoms with Gasteiger partial charge in [0.2, 0.25) is 0 Å². The molecule has 0 saturated carbocycles. The Labute approximate surface area is 277 Å². The summed E-state index contributed by atoms with van der Waals surface area (Å²) in [5.74, 6) is -0.353. The fourth-order valence-corrected chi connectivity index (χ4v) is 5.48. The Morgan fingerprint density at radius 2 is 0.822 bits per heavy atom. The standard InChI is InChI=1S/C40H69NO4/c1-3-5-7-9-11-13-15-17-19-21-23-25-27-29-31-33-39(42)44-37-35-41-36-38(37)45-40(43)34-32-30-28-26-24-22-20-18-16-14-12-10-8-6-4-2/h11-14,17-20,37-38,41H,3-10,15-16,21-36H2,1-2H3/b13-11-,14-12-,19-17-,20-18-/t37-,38?/m1/s1. The molecule has 1 aliphatic rings. The smallest absolute Gasteiger partial charge is 0.306 e. The highest BCUT2D eigenvalue weighted by Crippen LogP contribution is 2.15. The summed E-state index contributed by atoms with van der Waals surface area (Å²) in [4.78, 5) is 24.8. The molecule has 0 amide bonds. The van der Waals surface area contributed by atoms with E-state index in [0.717, 1.165) is 64.2 Å². The van der Waals surface area contributed by atoms with Crippen LogP contribution in [0.5, 0.6) is 0 Å². The predicted molar refractivity (Wildman–Crippen MR) is 191 cm³/mol. The maximum absolute atomic E-state index is 12.4. The van der Waals surface area contributed by atoms with Crippen LogP contribution in [0.4, 0.5) is 0 Å². The fourth-order valence-electron chi connectivity index (χ4n) is 5.48. The van der Waals surface area contributed by atoms with Crippen LogP contribution < -0.4 is 5.32 Å². The summed E-state index contributed by atoms with van der Waals surface area (Å²) in [6, 6.07) is 0. The van der Waals surface area contributed by atoms with Gasteiger partial charge in [-0.1, -0.05) is 127 Å². The highest BCUT2D eigenvalue weighted by atomic mass is 16.6. The minimum Gasteiger partial charge on any atom is -0.457 e. The van der Waals surface area contributed by atoms with Gasteiger partial charge in [-0.3, -0.25) is 9.59 Å². The molecule has 5 nitrogen and oxygen atoms in total. The van der Waals surface area contributed by atoms with E-state index in [1.54, 1.807) is 0 Å². The molecule has 2 atom stereocenters. The summed E-state index contributed by atoms with van der Waals surface area (Å²) < 4.78 is 11.3. The second kappa shape index (κ2) is 31.8. The molecule has 0 radical (unpaired) electrons. The van der Waals surface area contributed by atoms with E-state index in [1.165, 1.54) is 77.0 Å². The number of carbonyl (C=O) groups excluding carboxylic acids is 2. The maximum Gasteiger partial charge on any atom is 0.306 e. The molecule has 1 unspecified atom stereocenters. The lowest BCUT2D eigenvalue weighted by molar-refractivity contribution is -0.164. The number of esters is 2. The van der Waals surface area contributed by atoms with E-state index >= 15 is 0 Å². The first-order valence-electron chi connectivity index (χ1n) is 18.9. The second-order valence-electron chi connectivity index (χ2n) is 12.7. The number of ether oxygens (including phenoxy) is 2. The molecular formula is C40H69NO4. The van der Waals surface area contributed by atoms with E-state index in [4.69, 9.17) is 9.47 Å². The van der Waals surface area contributed by atoms with Crippen LogP contribution in [0.2, 0.25) is 0 Å². The Hall–Kier alpha value is -2.14. The maximum atomic E-state index is 12.4. The molecule has 258 valence electrons. The molecule has 1 N–H and O–H groups in total. The van der Waals surface area contributed by atoms with Gasteiger partial charge in [0.05, 0.1) is 0 Å². The molecule has 1 aliphatic heterocycles. The summed E-state index contributed by atoms with van der Waals surface area (Å²) in [6.07, 6.45) is 44.0. The zero-order chi connectivity index (χ0) is 32.5. The van der Waals surface area contributed by atoms with Crippen molar-refractivity contribution in [2.45, 2.75) is 180 Å². The minimum atomic E-state index is -0.371. The highest BCUT2D eigenvalue weighted by Gasteiger charge is 2.33. The van der Waals surface area contributed by atoms with E-state index in [9.17, 15) is 9.59 Å². The van der Waals surface area contributed by atoms with Crippen molar-refractivity contribution in [1.82, 2.24) is 5.32 Å². The van der Waals surface area contributed by atoms with E-state index in [1.807, 2.05) is 0 Å². The summed E-state index contributed by atoms with van der Waals surface area (Å²) in [5.41, 5.74) is 0. The lowest BCUT2D eigenvalue weighted by Gasteiger charge is -2.19. The summed E-state index contributed by atoms with van der Waals surface area (Å²) in [6.45, 7) is 5.59. The van der Waals surface area contributed by atoms with Crippen molar-refractivity contribution in [3.05, 3.63) is 48.6 Å². The molecule has 0 aromatic heterocycles. The molecule has 45 heavy (non-hydrogen) atoms. The fraction of sp³-hybridized carbons (Fsp3) is 0.750. The van der Waals surface area contributed by atoms with Crippen molar-refractivity contribution < 1.29 is 19.1 Å². The van der Waals surface area contributed by atoms with Gasteiger partial charge in [0.1, 0.15) is 0 Å². The third-order valence-corrected chi connectivity index (χ3v) is 8.33. The number of hydrogen-bond donors (Lipinski definition) is 1. The van der Waals surface area contributed by atoms with E-state index < -0.39 is 0 Å². The Morgan fingerprint density at radius 3 is 1.20 bits per heavy atom. The van der Waals surface area contributed by atoms with Crippen molar-refractivity contribution in [1.29, 1.82) is 0 Å². The largest absolute Gasteiger partial charge is 0.457 e. The molecule has 0 aromatic rings. The summed E-state index contributed by atoms with van der Waals surface area (Å²) >= 11 is 0. The van der Waals surface area contributed by atoms with Crippen molar-refractivity contribution in [3.8, 4) is 0 Å². The lowest BCUT2D eigenvalue weighted by atomic mass is 10.1. The van der Waals surface area contributed by atoms with Crippen molar-refractivity contribution in [3.63, 3.8) is 0 Å². The Kier molecular flexibility index (Phi) is 28.9. The molecule has 0 bridgehead atoms. The number of nitrogens with one attached hydrogen (secondary N) is 1. The Balaban J connectivity index is 1.98. The van der Waals surface area contributed by atoms with Gasteiger partial charge >= 0.3 is 11.9 Å². The van der Waals surface area contributed by atoms with E-state index in [0.29, 0.717) is 25.9 Å². The molecule has 1 saturated heterocycles. The quantitative estimate of drug-likeness (QED) is 0.0487. The number of unbranched alkanes of at least 4 members (excludes halogenated alkanes) is 16. The average molecular weight is 628 g/mol. The highest BCUT2D eigenvalue weighted by molar-refractivity contribution is 5.70. The molecule has 5 heteroatoms. The summed E-state index contributed by atoms with van der Waals surface area (Å²) in [7, 11) is 0. The van der Waals surface area contributed by atoms with Crippen LogP contribution in [0.1, 0.15) is 168 Å². The molecule has 1 heterocycles. The molecule has 1 rings (SSSR count). The second-order valence-corrected chi connectivity index (χ2v) is 12.7. The number of hydrogen-bond acceptors (Lipinski definition) is 5. The zero-order valence-corrected chi connectivity index (χ0v) is 29.3. The molecule has 0 aromatic carbocycles. The van der Waals surface area contributed by atoms with Crippen molar-refractivity contribution in [2.75, 3.05) is 13.1 Å². The Morgan fingerprint density at radius 1 is 0.489 bits per heavy atom. The number of carbonyl (C=O) groups is 2. The van der Waals surface area contributed by atoms with Gasteiger partial charge in [-0.05, 0) is 77.0 Å². The monoisotopic (exact) mass is 628 g/mol. The van der Waals surface area contributed by atoms with E-state index in [2.05, 4.69) is 67.8 Å². The van der Waals surface area contributed by atoms with Crippen molar-refractivity contribution >= 4 is 11.9 Å². The average Bonchev–Trinajstić information content (AvgIpc) is 3.46. The first-order chi connectivity index (χ1) is 22.2. The van der Waals surface area contributed by atoms with Gasteiger partial charge in [-0.15, -0.1) is 0 Å².